The molecule has 0 saturated carbocycles. The summed E-state index contributed by atoms with van der Waals surface area (Å²) in [4.78, 5) is 4.23. The average Bonchev–Trinajstić information content (AvgIpc) is 2.62. The van der Waals surface area contributed by atoms with Crippen LogP contribution in [0.15, 0.2) is 42.6 Å². The van der Waals surface area contributed by atoms with E-state index in [1.54, 1.807) is 25.3 Å². The highest BCUT2D eigenvalue weighted by atomic mass is 35.5. The zero-order chi connectivity index (χ0) is 18.8. The highest BCUT2D eigenvalue weighted by Gasteiger charge is 2.13. The first-order chi connectivity index (χ1) is 12.4. The Labute approximate surface area is 160 Å². The van der Waals surface area contributed by atoms with Gasteiger partial charge in [0, 0.05) is 16.8 Å². The molecule has 0 aliphatic heterocycles. The largest absolute Gasteiger partial charge is 0.383 e. The van der Waals surface area contributed by atoms with Crippen LogP contribution in [-0.4, -0.2) is 4.98 Å². The molecule has 0 spiro atoms. The SMILES string of the molecule is Cc1cc(-c2cnc(N)c(CCc3c(Cl)ccc(F)c3Cl)c2)ccc1F. The second-order valence-electron chi connectivity index (χ2n) is 6.05. The van der Waals surface area contributed by atoms with Crippen LogP contribution in [0.4, 0.5) is 14.6 Å². The molecule has 0 amide bonds. The van der Waals surface area contributed by atoms with Gasteiger partial charge < -0.3 is 5.73 Å². The van der Waals surface area contributed by atoms with E-state index < -0.39 is 5.82 Å². The molecule has 0 radical (unpaired) electrons. The minimum absolute atomic E-state index is 0.0225. The summed E-state index contributed by atoms with van der Waals surface area (Å²) in [5, 5.41) is 0.433. The number of anilines is 1. The average molecular weight is 393 g/mol. The Morgan fingerprint density at radius 3 is 2.42 bits per heavy atom. The maximum Gasteiger partial charge on any atom is 0.142 e. The number of halogens is 4. The van der Waals surface area contributed by atoms with Crippen molar-refractivity contribution in [1.82, 2.24) is 4.98 Å². The van der Waals surface area contributed by atoms with Crippen molar-refractivity contribution < 1.29 is 8.78 Å². The van der Waals surface area contributed by atoms with E-state index in [1.807, 2.05) is 6.07 Å². The van der Waals surface area contributed by atoms with E-state index >= 15 is 0 Å². The van der Waals surface area contributed by atoms with Gasteiger partial charge in [0.1, 0.15) is 17.5 Å². The van der Waals surface area contributed by atoms with Crippen LogP contribution in [-0.2, 0) is 12.8 Å². The monoisotopic (exact) mass is 392 g/mol. The Kier molecular flexibility index (Phi) is 5.44. The van der Waals surface area contributed by atoms with Gasteiger partial charge in [-0.2, -0.15) is 0 Å². The Morgan fingerprint density at radius 2 is 1.69 bits per heavy atom. The fourth-order valence-electron chi connectivity index (χ4n) is 2.76. The number of nitrogens with two attached hydrogens (primary N) is 1. The molecule has 2 N–H and O–H groups in total. The smallest absolute Gasteiger partial charge is 0.142 e. The summed E-state index contributed by atoms with van der Waals surface area (Å²) in [6.45, 7) is 1.71. The number of benzene rings is 2. The van der Waals surface area contributed by atoms with Gasteiger partial charge >= 0.3 is 0 Å². The number of rotatable bonds is 4. The summed E-state index contributed by atoms with van der Waals surface area (Å²) in [6.07, 6.45) is 2.57. The van der Waals surface area contributed by atoms with Crippen LogP contribution in [0.2, 0.25) is 10.0 Å². The summed E-state index contributed by atoms with van der Waals surface area (Å²) >= 11 is 12.2. The number of hydrogen-bond acceptors (Lipinski definition) is 2. The standard InChI is InChI=1S/C20H16Cl2F2N2/c1-11-8-12(3-6-17(11)23)14-9-13(20(25)26-10-14)2-4-15-16(21)5-7-18(24)19(15)22/h3,5-10H,2,4H2,1H3,(H2,25,26). The van der Waals surface area contributed by atoms with Crippen molar-refractivity contribution >= 4 is 29.0 Å². The fourth-order valence-corrected chi connectivity index (χ4v) is 3.32. The molecule has 3 rings (SSSR count). The Morgan fingerprint density at radius 1 is 0.962 bits per heavy atom. The molecule has 2 nitrogen and oxygen atoms in total. The first kappa shape index (κ1) is 18.6. The molecule has 26 heavy (non-hydrogen) atoms. The molecule has 134 valence electrons. The molecule has 0 fully saturated rings. The molecule has 3 aromatic rings. The number of aromatic nitrogens is 1. The highest BCUT2D eigenvalue weighted by molar-refractivity contribution is 6.36. The van der Waals surface area contributed by atoms with Crippen molar-refractivity contribution in [2.75, 3.05) is 5.73 Å². The third-order valence-electron chi connectivity index (χ3n) is 4.28. The number of hydrogen-bond donors (Lipinski definition) is 1. The number of nitrogens with zero attached hydrogens (tertiary/aromatic N) is 1. The van der Waals surface area contributed by atoms with Crippen LogP contribution < -0.4 is 5.73 Å². The predicted molar refractivity (Wildman–Crippen MR) is 103 cm³/mol. The van der Waals surface area contributed by atoms with Crippen LogP contribution in [0.5, 0.6) is 0 Å². The summed E-state index contributed by atoms with van der Waals surface area (Å²) in [6, 6.07) is 9.49. The zero-order valence-electron chi connectivity index (χ0n) is 14.0. The lowest BCUT2D eigenvalue weighted by atomic mass is 10.00. The number of nitrogen functional groups attached to an aromatic ring is 1. The molecule has 1 heterocycles. The normalized spacial score (nSPS) is 11.0. The van der Waals surface area contributed by atoms with E-state index in [9.17, 15) is 8.78 Å². The zero-order valence-corrected chi connectivity index (χ0v) is 15.5. The maximum absolute atomic E-state index is 13.7. The Balaban J connectivity index is 1.89. The molecular weight excluding hydrogens is 377 g/mol. The molecule has 1 aromatic heterocycles. The van der Waals surface area contributed by atoms with Crippen LogP contribution in [0, 0.1) is 18.6 Å². The van der Waals surface area contributed by atoms with Gasteiger partial charge in [0.25, 0.3) is 0 Å². The van der Waals surface area contributed by atoms with Gasteiger partial charge in [-0.3, -0.25) is 0 Å². The van der Waals surface area contributed by atoms with Crippen molar-refractivity contribution in [1.29, 1.82) is 0 Å². The number of pyridine rings is 1. The highest BCUT2D eigenvalue weighted by Crippen LogP contribution is 2.30. The van der Waals surface area contributed by atoms with E-state index in [4.69, 9.17) is 28.9 Å². The lowest BCUT2D eigenvalue weighted by Crippen LogP contribution is -2.02. The van der Waals surface area contributed by atoms with Crippen molar-refractivity contribution in [3.8, 4) is 11.1 Å². The topological polar surface area (TPSA) is 38.9 Å². The molecule has 2 aromatic carbocycles. The second kappa shape index (κ2) is 7.60. The summed E-state index contributed by atoms with van der Waals surface area (Å²) in [7, 11) is 0. The minimum atomic E-state index is -0.507. The summed E-state index contributed by atoms with van der Waals surface area (Å²) in [5.41, 5.74) is 9.54. The molecule has 0 aliphatic rings. The van der Waals surface area contributed by atoms with Gasteiger partial charge in [-0.1, -0.05) is 29.3 Å². The second-order valence-corrected chi connectivity index (χ2v) is 6.84. The predicted octanol–water partition coefficient (Wildman–Crippen LogP) is 6.01. The molecule has 0 saturated heterocycles. The fraction of sp³-hybridized carbons (Fsp3) is 0.150. The quantitative estimate of drug-likeness (QED) is 0.552. The minimum Gasteiger partial charge on any atom is -0.383 e. The van der Waals surface area contributed by atoms with E-state index in [0.29, 0.717) is 34.8 Å². The van der Waals surface area contributed by atoms with Crippen molar-refractivity contribution in [2.24, 2.45) is 0 Å². The van der Waals surface area contributed by atoms with Crippen LogP contribution >= 0.6 is 23.2 Å². The van der Waals surface area contributed by atoms with Crippen molar-refractivity contribution in [2.45, 2.75) is 19.8 Å². The van der Waals surface area contributed by atoms with Crippen molar-refractivity contribution in [3.63, 3.8) is 0 Å². The van der Waals surface area contributed by atoms with Crippen molar-refractivity contribution in [3.05, 3.63) is 81.0 Å². The van der Waals surface area contributed by atoms with Gasteiger partial charge in [-0.05, 0) is 72.4 Å². The maximum atomic E-state index is 13.7. The first-order valence-electron chi connectivity index (χ1n) is 8.00. The van der Waals surface area contributed by atoms with Gasteiger partial charge in [0.2, 0.25) is 0 Å². The van der Waals surface area contributed by atoms with Gasteiger partial charge in [0.05, 0.1) is 5.02 Å². The van der Waals surface area contributed by atoms with E-state index in [2.05, 4.69) is 4.98 Å². The molecule has 0 bridgehead atoms. The van der Waals surface area contributed by atoms with Gasteiger partial charge in [-0.25, -0.2) is 13.8 Å². The molecule has 0 unspecified atom stereocenters. The lowest BCUT2D eigenvalue weighted by Gasteiger charge is -2.11. The lowest BCUT2D eigenvalue weighted by molar-refractivity contribution is 0.619. The van der Waals surface area contributed by atoms with Crippen LogP contribution in [0.25, 0.3) is 11.1 Å². The summed E-state index contributed by atoms with van der Waals surface area (Å²) < 4.78 is 27.1. The van der Waals surface area contributed by atoms with Crippen LogP contribution in [0.3, 0.4) is 0 Å². The molecule has 6 heteroatoms. The van der Waals surface area contributed by atoms with E-state index in [0.717, 1.165) is 16.7 Å². The third-order valence-corrected chi connectivity index (χ3v) is 5.04. The number of aryl methyl sites for hydroxylation is 2. The Hall–Kier alpha value is -2.17. The van der Waals surface area contributed by atoms with Gasteiger partial charge in [-0.15, -0.1) is 0 Å². The van der Waals surface area contributed by atoms with Crippen LogP contribution in [0.1, 0.15) is 16.7 Å². The first-order valence-corrected chi connectivity index (χ1v) is 8.75. The molecular formula is C20H16Cl2F2N2. The molecule has 0 aliphatic carbocycles. The third kappa shape index (κ3) is 3.81. The summed E-state index contributed by atoms with van der Waals surface area (Å²) in [5.74, 6) is -0.378. The van der Waals surface area contributed by atoms with E-state index in [-0.39, 0.29) is 10.8 Å². The van der Waals surface area contributed by atoms with E-state index in [1.165, 1.54) is 18.2 Å². The Bertz CT molecular complexity index is 974. The van der Waals surface area contributed by atoms with Gasteiger partial charge in [0.15, 0.2) is 0 Å². The molecule has 0 atom stereocenters.